The van der Waals surface area contributed by atoms with Gasteiger partial charge in [-0.25, -0.2) is 4.79 Å². The number of urea groups is 1. The molecule has 1 aliphatic heterocycles. The van der Waals surface area contributed by atoms with Crippen molar-refractivity contribution < 1.29 is 27.5 Å². The predicted octanol–water partition coefficient (Wildman–Crippen LogP) is 3.36. The van der Waals surface area contributed by atoms with Gasteiger partial charge in [0.1, 0.15) is 11.8 Å². The fourth-order valence-corrected chi connectivity index (χ4v) is 3.13. The van der Waals surface area contributed by atoms with Gasteiger partial charge in [-0.2, -0.15) is 5.10 Å². The van der Waals surface area contributed by atoms with E-state index in [1.54, 1.807) is 16.9 Å². The molecule has 30 heavy (non-hydrogen) atoms. The summed E-state index contributed by atoms with van der Waals surface area (Å²) in [6.45, 7) is 5.05. The van der Waals surface area contributed by atoms with Crippen molar-refractivity contribution in [1.82, 2.24) is 15.1 Å². The Bertz CT molecular complexity index is 913. The summed E-state index contributed by atoms with van der Waals surface area (Å²) in [5.41, 5.74) is 0.263. The van der Waals surface area contributed by atoms with Crippen LogP contribution in [0, 0.1) is 5.92 Å². The highest BCUT2D eigenvalue weighted by atomic mass is 19.4. The quantitative estimate of drug-likeness (QED) is 0.743. The molecule has 3 rings (SSSR count). The third-order valence-electron chi connectivity index (χ3n) is 4.31. The number of nitrogens with zero attached hydrogens (tertiary/aromatic N) is 3. The van der Waals surface area contributed by atoms with Gasteiger partial charge in [0, 0.05) is 37.1 Å². The van der Waals surface area contributed by atoms with Crippen molar-refractivity contribution in [1.29, 1.82) is 0 Å². The van der Waals surface area contributed by atoms with Crippen LogP contribution in [0.2, 0.25) is 0 Å². The van der Waals surface area contributed by atoms with Gasteiger partial charge in [-0.05, 0) is 24.5 Å². The molecule has 0 aliphatic carbocycles. The van der Waals surface area contributed by atoms with E-state index in [-0.39, 0.29) is 12.2 Å². The van der Waals surface area contributed by atoms with E-state index >= 15 is 0 Å². The number of rotatable bonds is 6. The number of hydrogen-bond donors (Lipinski definition) is 2. The van der Waals surface area contributed by atoms with Crippen LogP contribution in [0.4, 0.5) is 29.5 Å². The molecule has 1 unspecified atom stereocenters. The summed E-state index contributed by atoms with van der Waals surface area (Å²) in [5, 5.41) is 9.38. The molecule has 162 valence electrons. The molecule has 3 amide bonds. The number of anilines is 2. The molecular weight excluding hydrogens is 403 g/mol. The minimum absolute atomic E-state index is 0.252. The SMILES string of the molecule is CC(C)Cn1ccc(NC(=O)NC2CCN(c3cccc(OC(F)(F)F)c3)C2=O)n1. The summed E-state index contributed by atoms with van der Waals surface area (Å²) in [6.07, 6.45) is -2.76. The van der Waals surface area contributed by atoms with E-state index in [2.05, 4.69) is 20.5 Å². The molecule has 0 radical (unpaired) electrons. The Labute approximate surface area is 171 Å². The third kappa shape index (κ3) is 5.65. The first-order valence-electron chi connectivity index (χ1n) is 9.39. The lowest BCUT2D eigenvalue weighted by molar-refractivity contribution is -0.274. The Hall–Kier alpha value is -3.24. The number of carbonyl (C=O) groups excluding carboxylic acids is 2. The smallest absolute Gasteiger partial charge is 0.406 e. The van der Waals surface area contributed by atoms with Crippen LogP contribution in [-0.4, -0.2) is 40.7 Å². The normalized spacial score (nSPS) is 16.8. The van der Waals surface area contributed by atoms with Gasteiger partial charge >= 0.3 is 12.4 Å². The van der Waals surface area contributed by atoms with Gasteiger partial charge in [0.05, 0.1) is 0 Å². The van der Waals surface area contributed by atoms with Gasteiger partial charge in [-0.15, -0.1) is 13.2 Å². The fraction of sp³-hybridized carbons (Fsp3) is 0.421. The van der Waals surface area contributed by atoms with Crippen LogP contribution in [0.5, 0.6) is 5.75 Å². The number of hydrogen-bond acceptors (Lipinski definition) is 4. The van der Waals surface area contributed by atoms with Crippen molar-refractivity contribution in [2.75, 3.05) is 16.8 Å². The fourth-order valence-electron chi connectivity index (χ4n) is 3.13. The maximum absolute atomic E-state index is 12.6. The molecule has 1 aromatic heterocycles. The molecule has 1 aliphatic rings. The van der Waals surface area contributed by atoms with Crippen LogP contribution in [-0.2, 0) is 11.3 Å². The molecule has 0 bridgehead atoms. The topological polar surface area (TPSA) is 88.5 Å². The number of carbonyl (C=O) groups is 2. The summed E-state index contributed by atoms with van der Waals surface area (Å²) in [7, 11) is 0. The van der Waals surface area contributed by atoms with Gasteiger partial charge < -0.3 is 15.0 Å². The first-order valence-corrected chi connectivity index (χ1v) is 9.39. The molecule has 0 saturated carbocycles. The van der Waals surface area contributed by atoms with E-state index in [9.17, 15) is 22.8 Å². The highest BCUT2D eigenvalue weighted by Crippen LogP contribution is 2.29. The van der Waals surface area contributed by atoms with Crippen molar-refractivity contribution in [2.24, 2.45) is 5.92 Å². The zero-order valence-corrected chi connectivity index (χ0v) is 16.4. The van der Waals surface area contributed by atoms with E-state index in [1.165, 1.54) is 17.0 Å². The molecule has 1 aromatic carbocycles. The van der Waals surface area contributed by atoms with Crippen molar-refractivity contribution in [3.8, 4) is 5.75 Å². The van der Waals surface area contributed by atoms with E-state index in [0.29, 0.717) is 24.7 Å². The molecule has 1 atom stereocenters. The standard InChI is InChI=1S/C19H22F3N5O3/c1-12(2)11-26-8-7-16(25-26)24-18(29)23-15-6-9-27(17(15)28)13-4-3-5-14(10-13)30-19(20,21)22/h3-5,7-8,10,12,15H,6,9,11H2,1-2H3,(H2,23,24,25,29). The van der Waals surface area contributed by atoms with Crippen LogP contribution in [0.25, 0.3) is 0 Å². The second-order valence-corrected chi connectivity index (χ2v) is 7.29. The van der Waals surface area contributed by atoms with Crippen molar-refractivity contribution in [3.05, 3.63) is 36.5 Å². The Morgan fingerprint density at radius 3 is 2.80 bits per heavy atom. The molecule has 11 heteroatoms. The lowest BCUT2D eigenvalue weighted by atomic mass is 10.2. The van der Waals surface area contributed by atoms with E-state index in [0.717, 1.165) is 12.1 Å². The van der Waals surface area contributed by atoms with Crippen LogP contribution in [0.3, 0.4) is 0 Å². The van der Waals surface area contributed by atoms with Crippen LogP contribution < -0.4 is 20.3 Å². The predicted molar refractivity (Wildman–Crippen MR) is 103 cm³/mol. The Balaban J connectivity index is 1.58. The molecule has 2 heterocycles. The van der Waals surface area contributed by atoms with E-state index in [4.69, 9.17) is 0 Å². The van der Waals surface area contributed by atoms with Gasteiger partial charge in [0.2, 0.25) is 5.91 Å². The number of nitrogens with one attached hydrogen (secondary N) is 2. The average molecular weight is 425 g/mol. The zero-order chi connectivity index (χ0) is 21.9. The number of ether oxygens (including phenoxy) is 1. The first kappa shape index (κ1) is 21.5. The van der Waals surface area contributed by atoms with Gasteiger partial charge in [0.25, 0.3) is 0 Å². The zero-order valence-electron chi connectivity index (χ0n) is 16.4. The summed E-state index contributed by atoms with van der Waals surface area (Å²) in [5.74, 6) is -0.0836. The van der Waals surface area contributed by atoms with Crippen molar-refractivity contribution in [2.45, 2.75) is 39.2 Å². The molecular formula is C19H22F3N5O3. The largest absolute Gasteiger partial charge is 0.573 e. The number of benzene rings is 1. The molecule has 0 spiro atoms. The maximum Gasteiger partial charge on any atom is 0.573 e. The highest BCUT2D eigenvalue weighted by molar-refractivity contribution is 6.02. The second-order valence-electron chi connectivity index (χ2n) is 7.29. The van der Waals surface area contributed by atoms with Gasteiger partial charge in [-0.3, -0.25) is 14.8 Å². The van der Waals surface area contributed by atoms with Crippen LogP contribution in [0.15, 0.2) is 36.5 Å². The lowest BCUT2D eigenvalue weighted by Crippen LogP contribution is -2.43. The summed E-state index contributed by atoms with van der Waals surface area (Å²) >= 11 is 0. The minimum atomic E-state index is -4.82. The van der Waals surface area contributed by atoms with Gasteiger partial charge in [0.15, 0.2) is 5.82 Å². The number of amides is 3. The van der Waals surface area contributed by atoms with Crippen molar-refractivity contribution >= 4 is 23.4 Å². The molecule has 2 N–H and O–H groups in total. The minimum Gasteiger partial charge on any atom is -0.406 e. The van der Waals surface area contributed by atoms with Crippen LogP contribution in [0.1, 0.15) is 20.3 Å². The lowest BCUT2D eigenvalue weighted by Gasteiger charge is -2.18. The number of alkyl halides is 3. The second kappa shape index (κ2) is 8.64. The molecule has 2 aromatic rings. The Kier molecular flexibility index (Phi) is 6.18. The number of aromatic nitrogens is 2. The summed E-state index contributed by atoms with van der Waals surface area (Å²) in [6, 6.07) is 5.43. The van der Waals surface area contributed by atoms with Crippen molar-refractivity contribution in [3.63, 3.8) is 0 Å². The monoisotopic (exact) mass is 425 g/mol. The summed E-state index contributed by atoms with van der Waals surface area (Å²) in [4.78, 5) is 26.1. The summed E-state index contributed by atoms with van der Waals surface area (Å²) < 4.78 is 42.8. The Morgan fingerprint density at radius 1 is 1.33 bits per heavy atom. The Morgan fingerprint density at radius 2 is 2.10 bits per heavy atom. The van der Waals surface area contributed by atoms with E-state index in [1.807, 2.05) is 13.8 Å². The average Bonchev–Trinajstić information content (AvgIpc) is 3.20. The number of halogens is 3. The maximum atomic E-state index is 12.6. The molecule has 1 saturated heterocycles. The first-order chi connectivity index (χ1) is 14.1. The van der Waals surface area contributed by atoms with Gasteiger partial charge in [-0.1, -0.05) is 19.9 Å². The van der Waals surface area contributed by atoms with E-state index < -0.39 is 30.1 Å². The highest BCUT2D eigenvalue weighted by Gasteiger charge is 2.35. The molecule has 1 fully saturated rings. The van der Waals surface area contributed by atoms with Crippen LogP contribution >= 0.6 is 0 Å². The third-order valence-corrected chi connectivity index (χ3v) is 4.31. The molecule has 8 nitrogen and oxygen atoms in total.